The molecule has 0 aliphatic heterocycles. The third-order valence-corrected chi connectivity index (χ3v) is 6.51. The number of carbonyl (C=O) groups excluding carboxylic acids is 1. The van der Waals surface area contributed by atoms with Gasteiger partial charge < -0.3 is 10.1 Å². The van der Waals surface area contributed by atoms with Crippen LogP contribution in [0.2, 0.25) is 10.0 Å². The molecule has 0 saturated carbocycles. The van der Waals surface area contributed by atoms with Crippen LogP contribution in [0.3, 0.4) is 0 Å². The van der Waals surface area contributed by atoms with Crippen LogP contribution in [0.1, 0.15) is 0 Å². The molecule has 0 atom stereocenters. The molecular weight excluding hydrogens is 447 g/mol. The summed E-state index contributed by atoms with van der Waals surface area (Å²) in [7, 11) is -2.69. The predicted octanol–water partition coefficient (Wildman–Crippen LogP) is 4.84. The van der Waals surface area contributed by atoms with Crippen LogP contribution in [-0.2, 0) is 14.8 Å². The lowest BCUT2D eigenvalue weighted by Crippen LogP contribution is -2.38. The number of hydrogen-bond acceptors (Lipinski definition) is 4. The lowest BCUT2D eigenvalue weighted by atomic mass is 10.3. The summed E-state index contributed by atoms with van der Waals surface area (Å²) in [5, 5.41) is 3.27. The molecule has 0 aromatic heterocycles. The van der Waals surface area contributed by atoms with Crippen LogP contribution in [0.4, 0.5) is 11.4 Å². The Bertz CT molecular complexity index is 1150. The minimum atomic E-state index is -4.10. The van der Waals surface area contributed by atoms with Gasteiger partial charge in [0.25, 0.3) is 10.0 Å². The van der Waals surface area contributed by atoms with E-state index in [1.54, 1.807) is 48.5 Å². The summed E-state index contributed by atoms with van der Waals surface area (Å²) in [6.07, 6.45) is 0. The Morgan fingerprint density at radius 2 is 1.67 bits per heavy atom. The molecule has 0 heterocycles. The van der Waals surface area contributed by atoms with Gasteiger partial charge in [0.15, 0.2) is 0 Å². The Kier molecular flexibility index (Phi) is 6.87. The summed E-state index contributed by atoms with van der Waals surface area (Å²) in [6, 6.07) is 19.0. The molecule has 6 nitrogen and oxygen atoms in total. The van der Waals surface area contributed by atoms with Crippen LogP contribution in [0, 0.1) is 0 Å². The Balaban J connectivity index is 2.03. The summed E-state index contributed by atoms with van der Waals surface area (Å²) in [4.78, 5) is 12.8. The maximum Gasteiger partial charge on any atom is 0.264 e. The van der Waals surface area contributed by atoms with E-state index in [0.717, 1.165) is 4.31 Å². The van der Waals surface area contributed by atoms with Gasteiger partial charge in [0.05, 0.1) is 28.4 Å². The van der Waals surface area contributed by atoms with E-state index in [1.807, 2.05) is 0 Å². The molecule has 30 heavy (non-hydrogen) atoms. The highest BCUT2D eigenvalue weighted by molar-refractivity contribution is 7.92. The normalized spacial score (nSPS) is 11.0. The average Bonchev–Trinajstić information content (AvgIpc) is 2.74. The lowest BCUT2D eigenvalue weighted by molar-refractivity contribution is -0.114. The summed E-state index contributed by atoms with van der Waals surface area (Å²) in [5.41, 5.74) is 0.516. The fraction of sp³-hybridized carbons (Fsp3) is 0.0952. The second-order valence-electron chi connectivity index (χ2n) is 6.17. The monoisotopic (exact) mass is 464 g/mol. The number of anilines is 2. The maximum absolute atomic E-state index is 13.4. The number of ether oxygens (including phenoxy) is 1. The van der Waals surface area contributed by atoms with Gasteiger partial charge >= 0.3 is 0 Å². The average molecular weight is 465 g/mol. The molecule has 156 valence electrons. The van der Waals surface area contributed by atoms with Crippen LogP contribution in [0.5, 0.6) is 5.75 Å². The fourth-order valence-electron chi connectivity index (χ4n) is 2.76. The molecule has 1 N–H and O–H groups in total. The van der Waals surface area contributed by atoms with Crippen molar-refractivity contribution in [1.82, 2.24) is 0 Å². The number of hydrogen-bond donors (Lipinski definition) is 1. The van der Waals surface area contributed by atoms with E-state index >= 15 is 0 Å². The Labute approximate surface area is 185 Å². The smallest absolute Gasteiger partial charge is 0.264 e. The Morgan fingerprint density at radius 1 is 1.00 bits per heavy atom. The number of amides is 1. The zero-order valence-corrected chi connectivity index (χ0v) is 18.2. The molecule has 0 bridgehead atoms. The van der Waals surface area contributed by atoms with Crippen molar-refractivity contribution in [2.45, 2.75) is 4.90 Å². The molecule has 0 fully saturated rings. The van der Waals surface area contributed by atoms with Gasteiger partial charge in [-0.25, -0.2) is 8.42 Å². The largest absolute Gasteiger partial charge is 0.495 e. The number of nitrogens with one attached hydrogen (secondary N) is 1. The molecule has 3 aromatic rings. The van der Waals surface area contributed by atoms with Gasteiger partial charge in [-0.15, -0.1) is 0 Å². The molecule has 3 rings (SSSR count). The van der Waals surface area contributed by atoms with Crippen molar-refractivity contribution in [2.75, 3.05) is 23.3 Å². The number of methoxy groups -OCH3 is 1. The molecule has 0 aliphatic rings. The van der Waals surface area contributed by atoms with Crippen molar-refractivity contribution < 1.29 is 17.9 Å². The van der Waals surface area contributed by atoms with Crippen molar-refractivity contribution in [1.29, 1.82) is 0 Å². The summed E-state index contributed by atoms with van der Waals surface area (Å²) in [6.45, 7) is -0.515. The van der Waals surface area contributed by atoms with Gasteiger partial charge in [-0.2, -0.15) is 0 Å². The number of benzene rings is 3. The molecule has 3 aromatic carbocycles. The molecule has 1 amide bonds. The zero-order chi connectivity index (χ0) is 21.7. The highest BCUT2D eigenvalue weighted by atomic mass is 35.5. The van der Waals surface area contributed by atoms with Crippen molar-refractivity contribution in [3.63, 3.8) is 0 Å². The summed E-state index contributed by atoms with van der Waals surface area (Å²) in [5.74, 6) is -0.325. The number of nitrogens with zero attached hydrogens (tertiary/aromatic N) is 1. The summed E-state index contributed by atoms with van der Waals surface area (Å²) >= 11 is 12.2. The standard InChI is InChI=1S/C21H18Cl2N2O4S/c1-29-20-12-11-15(22)13-19(20)25(30(27,28)16-7-3-2-4-8-16)14-21(26)24-18-10-6-5-9-17(18)23/h2-13H,14H2,1H3,(H,24,26). The maximum atomic E-state index is 13.4. The van der Waals surface area contributed by atoms with Crippen molar-refractivity contribution >= 4 is 50.5 Å². The second-order valence-corrected chi connectivity index (χ2v) is 8.87. The van der Waals surface area contributed by atoms with E-state index in [0.29, 0.717) is 15.7 Å². The molecule has 0 unspecified atom stereocenters. The van der Waals surface area contributed by atoms with Gasteiger partial charge in [-0.3, -0.25) is 9.10 Å². The van der Waals surface area contributed by atoms with Gasteiger partial charge in [-0.1, -0.05) is 53.5 Å². The molecule has 0 aliphatic carbocycles. The van der Waals surface area contributed by atoms with E-state index in [4.69, 9.17) is 27.9 Å². The highest BCUT2D eigenvalue weighted by Gasteiger charge is 2.29. The first-order valence-electron chi connectivity index (χ1n) is 8.78. The van der Waals surface area contributed by atoms with Gasteiger partial charge in [0, 0.05) is 5.02 Å². The lowest BCUT2D eigenvalue weighted by Gasteiger charge is -2.26. The van der Waals surface area contributed by atoms with E-state index < -0.39 is 22.5 Å². The highest BCUT2D eigenvalue weighted by Crippen LogP contribution is 2.35. The quantitative estimate of drug-likeness (QED) is 0.542. The van der Waals surface area contributed by atoms with Gasteiger partial charge in [-0.05, 0) is 42.5 Å². The summed E-state index contributed by atoms with van der Waals surface area (Å²) < 4.78 is 33.0. The molecule has 9 heteroatoms. The predicted molar refractivity (Wildman–Crippen MR) is 119 cm³/mol. The molecule has 0 spiro atoms. The third kappa shape index (κ3) is 4.87. The van der Waals surface area contributed by atoms with Crippen LogP contribution in [0.25, 0.3) is 0 Å². The van der Waals surface area contributed by atoms with Crippen molar-refractivity contribution in [2.24, 2.45) is 0 Å². The number of halogens is 2. The second kappa shape index (κ2) is 9.38. The first-order valence-corrected chi connectivity index (χ1v) is 11.0. The van der Waals surface area contributed by atoms with Crippen LogP contribution in [0.15, 0.2) is 77.7 Å². The first-order chi connectivity index (χ1) is 14.3. The minimum absolute atomic E-state index is 0.0255. The van der Waals surface area contributed by atoms with Crippen molar-refractivity contribution in [3.8, 4) is 5.75 Å². The zero-order valence-electron chi connectivity index (χ0n) is 15.9. The number of carbonyl (C=O) groups is 1. The fourth-order valence-corrected chi connectivity index (χ4v) is 4.55. The van der Waals surface area contributed by atoms with E-state index in [-0.39, 0.29) is 16.3 Å². The molecule has 0 saturated heterocycles. The van der Waals surface area contributed by atoms with Gasteiger partial charge in [0.1, 0.15) is 12.3 Å². The number of para-hydroxylation sites is 1. The minimum Gasteiger partial charge on any atom is -0.495 e. The Morgan fingerprint density at radius 3 is 2.33 bits per heavy atom. The van der Waals surface area contributed by atoms with E-state index in [2.05, 4.69) is 5.32 Å². The number of rotatable bonds is 7. The van der Waals surface area contributed by atoms with Crippen molar-refractivity contribution in [3.05, 3.63) is 82.8 Å². The van der Waals surface area contributed by atoms with E-state index in [1.165, 1.54) is 31.4 Å². The van der Waals surface area contributed by atoms with E-state index in [9.17, 15) is 13.2 Å². The number of sulfonamides is 1. The molecular formula is C21H18Cl2N2O4S. The van der Waals surface area contributed by atoms with Crippen LogP contribution < -0.4 is 14.4 Å². The Hall–Kier alpha value is -2.74. The van der Waals surface area contributed by atoms with Crippen LogP contribution in [-0.4, -0.2) is 28.0 Å². The van der Waals surface area contributed by atoms with Crippen LogP contribution >= 0.6 is 23.2 Å². The first kappa shape index (κ1) is 22.0. The topological polar surface area (TPSA) is 75.7 Å². The third-order valence-electron chi connectivity index (χ3n) is 4.18. The molecule has 0 radical (unpaired) electrons. The van der Waals surface area contributed by atoms with Gasteiger partial charge in [0.2, 0.25) is 5.91 Å². The SMILES string of the molecule is COc1ccc(Cl)cc1N(CC(=O)Nc1ccccc1Cl)S(=O)(=O)c1ccccc1.